The van der Waals surface area contributed by atoms with Crippen LogP contribution in [-0.4, -0.2) is 9.55 Å². The second kappa shape index (κ2) is 3.74. The molecule has 0 bridgehead atoms. The molecule has 1 atom stereocenters. The summed E-state index contributed by atoms with van der Waals surface area (Å²) in [6, 6.07) is 6.09. The molecule has 2 N–H and O–H groups in total. The molecular formula is C11H14ClN3. The van der Waals surface area contributed by atoms with Crippen molar-refractivity contribution >= 4 is 28.6 Å². The quantitative estimate of drug-likeness (QED) is 0.850. The van der Waals surface area contributed by atoms with E-state index in [1.807, 2.05) is 22.8 Å². The number of hydrogen-bond donors (Lipinski definition) is 1. The lowest BCUT2D eigenvalue weighted by molar-refractivity contribution is 0.552. The first-order valence-electron chi connectivity index (χ1n) is 5.07. The van der Waals surface area contributed by atoms with Gasteiger partial charge in [0.15, 0.2) is 0 Å². The number of imidazole rings is 1. The van der Waals surface area contributed by atoms with Gasteiger partial charge in [0.05, 0.1) is 10.5 Å². The molecule has 2 aromatic rings. The number of fused-ring (bicyclic) bond motifs is 1. The van der Waals surface area contributed by atoms with Gasteiger partial charge in [0.25, 0.3) is 0 Å². The molecule has 0 aliphatic rings. The van der Waals surface area contributed by atoms with E-state index < -0.39 is 0 Å². The van der Waals surface area contributed by atoms with Gasteiger partial charge in [0.2, 0.25) is 5.95 Å². The Morgan fingerprint density at radius 3 is 2.93 bits per heavy atom. The minimum absolute atomic E-state index is 0.341. The summed E-state index contributed by atoms with van der Waals surface area (Å²) < 4.78 is 2.03. The molecule has 80 valence electrons. The molecule has 0 spiro atoms. The maximum atomic E-state index is 6.06. The first-order chi connectivity index (χ1) is 7.15. The van der Waals surface area contributed by atoms with Crippen molar-refractivity contribution in [3.8, 4) is 0 Å². The van der Waals surface area contributed by atoms with E-state index in [9.17, 15) is 0 Å². The first kappa shape index (κ1) is 10.3. The van der Waals surface area contributed by atoms with E-state index in [1.54, 1.807) is 0 Å². The molecule has 0 radical (unpaired) electrons. The Bertz CT molecular complexity index is 490. The van der Waals surface area contributed by atoms with Crippen molar-refractivity contribution in [1.82, 2.24) is 9.55 Å². The number of nitrogen functional groups attached to an aromatic ring is 1. The van der Waals surface area contributed by atoms with Gasteiger partial charge in [-0.25, -0.2) is 4.98 Å². The van der Waals surface area contributed by atoms with Gasteiger partial charge in [-0.05, 0) is 25.5 Å². The van der Waals surface area contributed by atoms with Crippen LogP contribution < -0.4 is 5.73 Å². The van der Waals surface area contributed by atoms with E-state index in [0.29, 0.717) is 17.0 Å². The normalized spacial score (nSPS) is 13.3. The number of hydrogen-bond acceptors (Lipinski definition) is 2. The molecule has 0 fully saturated rings. The van der Waals surface area contributed by atoms with Crippen molar-refractivity contribution in [2.75, 3.05) is 5.73 Å². The number of benzene rings is 1. The minimum atomic E-state index is 0.341. The summed E-state index contributed by atoms with van der Waals surface area (Å²) in [5, 5.41) is 0.654. The zero-order valence-electron chi connectivity index (χ0n) is 8.87. The first-order valence-corrected chi connectivity index (χ1v) is 5.44. The summed E-state index contributed by atoms with van der Waals surface area (Å²) in [5.74, 6) is 0.535. The highest BCUT2D eigenvalue weighted by molar-refractivity contribution is 6.35. The van der Waals surface area contributed by atoms with Gasteiger partial charge < -0.3 is 10.3 Å². The lowest BCUT2D eigenvalue weighted by atomic mass is 10.2. The molecule has 1 aromatic heterocycles. The van der Waals surface area contributed by atoms with Gasteiger partial charge in [-0.1, -0.05) is 24.6 Å². The number of anilines is 1. The fraction of sp³-hybridized carbons (Fsp3) is 0.364. The van der Waals surface area contributed by atoms with Crippen LogP contribution in [-0.2, 0) is 0 Å². The molecule has 0 aliphatic heterocycles. The SMILES string of the molecule is CCC(C)n1c(N)nc2c(Cl)cccc21. The Hall–Kier alpha value is -1.22. The Labute approximate surface area is 93.9 Å². The molecule has 0 aliphatic carbocycles. The highest BCUT2D eigenvalue weighted by Gasteiger charge is 2.13. The van der Waals surface area contributed by atoms with Crippen LogP contribution in [0.4, 0.5) is 5.95 Å². The fourth-order valence-electron chi connectivity index (χ4n) is 1.75. The number of halogens is 1. The highest BCUT2D eigenvalue weighted by atomic mass is 35.5. The zero-order chi connectivity index (χ0) is 11.0. The standard InChI is InChI=1S/C11H14ClN3/c1-3-7(2)15-9-6-4-5-8(12)10(9)14-11(15)13/h4-7H,3H2,1-2H3,(H2,13,14). The van der Waals surface area contributed by atoms with Crippen molar-refractivity contribution in [3.63, 3.8) is 0 Å². The van der Waals surface area contributed by atoms with Crippen molar-refractivity contribution in [2.24, 2.45) is 0 Å². The minimum Gasteiger partial charge on any atom is -0.369 e. The molecule has 1 unspecified atom stereocenters. The van der Waals surface area contributed by atoms with E-state index >= 15 is 0 Å². The van der Waals surface area contributed by atoms with Gasteiger partial charge in [0.1, 0.15) is 5.52 Å². The summed E-state index contributed by atoms with van der Waals surface area (Å²) in [6.45, 7) is 4.25. The maximum absolute atomic E-state index is 6.06. The van der Waals surface area contributed by atoms with Gasteiger partial charge in [-0.2, -0.15) is 0 Å². The van der Waals surface area contributed by atoms with E-state index in [1.165, 1.54) is 0 Å². The Morgan fingerprint density at radius 2 is 2.27 bits per heavy atom. The molecular weight excluding hydrogens is 210 g/mol. The van der Waals surface area contributed by atoms with Crippen molar-refractivity contribution in [2.45, 2.75) is 26.3 Å². The van der Waals surface area contributed by atoms with Crippen LogP contribution in [0.5, 0.6) is 0 Å². The topological polar surface area (TPSA) is 43.8 Å². The Morgan fingerprint density at radius 1 is 1.53 bits per heavy atom. The van der Waals surface area contributed by atoms with Crippen LogP contribution in [0.2, 0.25) is 5.02 Å². The molecule has 3 nitrogen and oxygen atoms in total. The Kier molecular flexibility index (Phi) is 2.57. The van der Waals surface area contributed by atoms with Crippen LogP contribution in [0.3, 0.4) is 0 Å². The van der Waals surface area contributed by atoms with E-state index in [2.05, 4.69) is 18.8 Å². The lowest BCUT2D eigenvalue weighted by Crippen LogP contribution is -2.07. The second-order valence-corrected chi connectivity index (χ2v) is 4.11. The second-order valence-electron chi connectivity index (χ2n) is 3.70. The van der Waals surface area contributed by atoms with Crippen LogP contribution in [0.1, 0.15) is 26.3 Å². The van der Waals surface area contributed by atoms with Crippen molar-refractivity contribution < 1.29 is 0 Å². The molecule has 15 heavy (non-hydrogen) atoms. The number of para-hydroxylation sites is 1. The number of nitrogens with zero attached hydrogens (tertiary/aromatic N) is 2. The largest absolute Gasteiger partial charge is 0.369 e. The lowest BCUT2D eigenvalue weighted by Gasteiger charge is -2.13. The third-order valence-electron chi connectivity index (χ3n) is 2.73. The van der Waals surface area contributed by atoms with Crippen molar-refractivity contribution in [1.29, 1.82) is 0 Å². The molecule has 0 saturated heterocycles. The summed E-state index contributed by atoms with van der Waals surface area (Å²) in [7, 11) is 0. The highest BCUT2D eigenvalue weighted by Crippen LogP contribution is 2.28. The van der Waals surface area contributed by atoms with Gasteiger partial charge in [-0.15, -0.1) is 0 Å². The number of aromatic nitrogens is 2. The third-order valence-corrected chi connectivity index (χ3v) is 3.03. The van der Waals surface area contributed by atoms with Crippen LogP contribution in [0.15, 0.2) is 18.2 Å². The molecule has 1 heterocycles. The van der Waals surface area contributed by atoms with Crippen LogP contribution >= 0.6 is 11.6 Å². The molecule has 4 heteroatoms. The fourth-order valence-corrected chi connectivity index (χ4v) is 1.96. The van der Waals surface area contributed by atoms with E-state index in [4.69, 9.17) is 17.3 Å². The van der Waals surface area contributed by atoms with Crippen LogP contribution in [0, 0.1) is 0 Å². The average Bonchev–Trinajstić information content (AvgIpc) is 2.55. The van der Waals surface area contributed by atoms with Crippen LogP contribution in [0.25, 0.3) is 11.0 Å². The molecule has 1 aromatic carbocycles. The molecule has 0 amide bonds. The summed E-state index contributed by atoms with van der Waals surface area (Å²) in [4.78, 5) is 4.29. The monoisotopic (exact) mass is 223 g/mol. The van der Waals surface area contributed by atoms with Crippen molar-refractivity contribution in [3.05, 3.63) is 23.2 Å². The summed E-state index contributed by atoms with van der Waals surface area (Å²) in [5.41, 5.74) is 7.69. The van der Waals surface area contributed by atoms with E-state index in [0.717, 1.165) is 17.5 Å². The predicted octanol–water partition coefficient (Wildman–Crippen LogP) is 3.24. The number of rotatable bonds is 2. The maximum Gasteiger partial charge on any atom is 0.201 e. The molecule has 0 saturated carbocycles. The molecule has 2 rings (SSSR count). The van der Waals surface area contributed by atoms with Gasteiger partial charge in [-0.3, -0.25) is 0 Å². The van der Waals surface area contributed by atoms with Gasteiger partial charge >= 0.3 is 0 Å². The Balaban J connectivity index is 2.73. The third kappa shape index (κ3) is 1.57. The summed E-state index contributed by atoms with van der Waals surface area (Å²) >= 11 is 6.06. The number of nitrogens with two attached hydrogens (primary N) is 1. The summed E-state index contributed by atoms with van der Waals surface area (Å²) in [6.07, 6.45) is 1.02. The smallest absolute Gasteiger partial charge is 0.201 e. The van der Waals surface area contributed by atoms with E-state index in [-0.39, 0.29) is 0 Å². The van der Waals surface area contributed by atoms with Gasteiger partial charge in [0, 0.05) is 6.04 Å². The average molecular weight is 224 g/mol. The predicted molar refractivity (Wildman–Crippen MR) is 64.2 cm³/mol. The zero-order valence-corrected chi connectivity index (χ0v) is 9.62.